The monoisotopic (exact) mass is 275 g/mol. The summed E-state index contributed by atoms with van der Waals surface area (Å²) in [5, 5.41) is 0.355. The average Bonchev–Trinajstić information content (AvgIpc) is 2.63. The summed E-state index contributed by atoms with van der Waals surface area (Å²) in [6.07, 6.45) is 3.39. The van der Waals surface area contributed by atoms with E-state index in [1.807, 2.05) is 7.05 Å². The number of nitrogens with zero attached hydrogens (tertiary/aromatic N) is 2. The summed E-state index contributed by atoms with van der Waals surface area (Å²) in [6.45, 7) is 0. The molecule has 0 fully saturated rings. The summed E-state index contributed by atoms with van der Waals surface area (Å²) in [5.41, 5.74) is 6.33. The third-order valence-corrected chi connectivity index (χ3v) is 2.67. The summed E-state index contributed by atoms with van der Waals surface area (Å²) in [4.78, 5) is 4.09. The highest BCUT2D eigenvalue weighted by Gasteiger charge is 2.17. The van der Waals surface area contributed by atoms with Crippen LogP contribution < -0.4 is 5.73 Å². The quantitative estimate of drug-likeness (QED) is 0.916. The molecular formula is C11H12Cl2FN3. The van der Waals surface area contributed by atoms with Crippen molar-refractivity contribution in [3.8, 4) is 0 Å². The molecule has 2 rings (SSSR count). The van der Waals surface area contributed by atoms with Gasteiger partial charge in [0, 0.05) is 30.0 Å². The fourth-order valence-corrected chi connectivity index (χ4v) is 1.73. The van der Waals surface area contributed by atoms with Gasteiger partial charge in [-0.25, -0.2) is 9.37 Å². The standard InChI is InChI=1S/C11H11ClFN3.ClH/c1-16-5-4-15-11(16)10(14)8-3-2-7(12)6-9(8)13;/h2-6,10H,14H2,1H3;1H. The van der Waals surface area contributed by atoms with Gasteiger partial charge in [-0.15, -0.1) is 12.4 Å². The lowest BCUT2D eigenvalue weighted by Gasteiger charge is -2.12. The topological polar surface area (TPSA) is 43.8 Å². The first kappa shape index (κ1) is 14.0. The average molecular weight is 276 g/mol. The molecule has 0 aliphatic heterocycles. The van der Waals surface area contributed by atoms with Gasteiger partial charge in [-0.1, -0.05) is 17.7 Å². The Hall–Kier alpha value is -1.10. The van der Waals surface area contributed by atoms with Gasteiger partial charge in [0.1, 0.15) is 11.6 Å². The van der Waals surface area contributed by atoms with Crippen LogP contribution in [0.1, 0.15) is 17.4 Å². The van der Waals surface area contributed by atoms with Crippen LogP contribution >= 0.6 is 24.0 Å². The molecule has 6 heteroatoms. The van der Waals surface area contributed by atoms with Crippen molar-refractivity contribution in [2.75, 3.05) is 0 Å². The minimum Gasteiger partial charge on any atom is -0.336 e. The summed E-state index contributed by atoms with van der Waals surface area (Å²) in [6, 6.07) is 3.86. The number of nitrogens with two attached hydrogens (primary N) is 1. The van der Waals surface area contributed by atoms with E-state index in [1.165, 1.54) is 6.07 Å². The van der Waals surface area contributed by atoms with Gasteiger partial charge in [-0.2, -0.15) is 0 Å². The van der Waals surface area contributed by atoms with Crippen LogP contribution in [0.2, 0.25) is 5.02 Å². The second-order valence-corrected chi connectivity index (χ2v) is 3.98. The van der Waals surface area contributed by atoms with Crippen LogP contribution in [-0.4, -0.2) is 9.55 Å². The van der Waals surface area contributed by atoms with Crippen molar-refractivity contribution in [2.24, 2.45) is 12.8 Å². The van der Waals surface area contributed by atoms with Crippen molar-refractivity contribution >= 4 is 24.0 Å². The van der Waals surface area contributed by atoms with Crippen LogP contribution in [0.3, 0.4) is 0 Å². The number of benzene rings is 1. The predicted molar refractivity (Wildman–Crippen MR) is 67.9 cm³/mol. The van der Waals surface area contributed by atoms with Crippen molar-refractivity contribution in [3.63, 3.8) is 0 Å². The molecule has 92 valence electrons. The van der Waals surface area contributed by atoms with Gasteiger partial charge in [-0.05, 0) is 12.1 Å². The highest BCUT2D eigenvalue weighted by atomic mass is 35.5. The maximum absolute atomic E-state index is 13.6. The van der Waals surface area contributed by atoms with E-state index >= 15 is 0 Å². The zero-order valence-corrected chi connectivity index (χ0v) is 10.7. The van der Waals surface area contributed by atoms with Crippen LogP contribution in [0.25, 0.3) is 0 Å². The molecule has 1 aromatic carbocycles. The smallest absolute Gasteiger partial charge is 0.130 e. The molecule has 0 radical (unpaired) electrons. The number of aryl methyl sites for hydroxylation is 1. The minimum absolute atomic E-state index is 0. The van der Waals surface area contributed by atoms with Gasteiger partial charge >= 0.3 is 0 Å². The van der Waals surface area contributed by atoms with E-state index < -0.39 is 11.9 Å². The van der Waals surface area contributed by atoms with Crippen LogP contribution in [0, 0.1) is 5.82 Å². The molecule has 2 aromatic rings. The van der Waals surface area contributed by atoms with Crippen LogP contribution in [0.4, 0.5) is 4.39 Å². The highest BCUT2D eigenvalue weighted by molar-refractivity contribution is 6.30. The van der Waals surface area contributed by atoms with E-state index in [1.54, 1.807) is 29.1 Å². The van der Waals surface area contributed by atoms with Crippen molar-refractivity contribution in [3.05, 3.63) is 52.8 Å². The molecule has 3 nitrogen and oxygen atoms in total. The maximum atomic E-state index is 13.6. The van der Waals surface area contributed by atoms with Crippen LogP contribution in [0.5, 0.6) is 0 Å². The van der Waals surface area contributed by atoms with Crippen molar-refractivity contribution < 1.29 is 4.39 Å². The van der Waals surface area contributed by atoms with E-state index in [0.29, 0.717) is 16.4 Å². The Kier molecular flexibility index (Phi) is 4.51. The second kappa shape index (κ2) is 5.49. The third kappa shape index (κ3) is 2.77. The molecule has 1 heterocycles. The second-order valence-electron chi connectivity index (χ2n) is 3.54. The Bertz CT molecular complexity index is 513. The van der Waals surface area contributed by atoms with Crippen molar-refractivity contribution in [2.45, 2.75) is 6.04 Å². The largest absolute Gasteiger partial charge is 0.336 e. The Morgan fingerprint density at radius 2 is 2.18 bits per heavy atom. The van der Waals surface area contributed by atoms with Gasteiger partial charge in [0.2, 0.25) is 0 Å². The lowest BCUT2D eigenvalue weighted by Crippen LogP contribution is -2.17. The predicted octanol–water partition coefficient (Wildman–Crippen LogP) is 2.68. The molecule has 0 amide bonds. The Morgan fingerprint density at radius 1 is 1.47 bits per heavy atom. The van der Waals surface area contributed by atoms with Crippen LogP contribution in [-0.2, 0) is 7.05 Å². The first-order valence-corrected chi connectivity index (χ1v) is 5.15. The molecular weight excluding hydrogens is 264 g/mol. The fourth-order valence-electron chi connectivity index (χ4n) is 1.57. The molecule has 0 aliphatic rings. The summed E-state index contributed by atoms with van der Waals surface area (Å²) < 4.78 is 15.4. The Balaban J connectivity index is 0.00000144. The molecule has 1 aromatic heterocycles. The fraction of sp³-hybridized carbons (Fsp3) is 0.182. The number of hydrogen-bond donors (Lipinski definition) is 1. The van der Waals surface area contributed by atoms with E-state index in [4.69, 9.17) is 17.3 Å². The number of imidazole rings is 1. The zero-order chi connectivity index (χ0) is 11.7. The van der Waals surface area contributed by atoms with Crippen LogP contribution in [0.15, 0.2) is 30.6 Å². The SMILES string of the molecule is Cl.Cn1ccnc1C(N)c1ccc(Cl)cc1F. The molecule has 0 spiro atoms. The Labute approximate surface area is 110 Å². The number of halogens is 3. The molecule has 17 heavy (non-hydrogen) atoms. The van der Waals surface area contributed by atoms with Gasteiger partial charge < -0.3 is 10.3 Å². The van der Waals surface area contributed by atoms with Gasteiger partial charge in [0.15, 0.2) is 0 Å². The highest BCUT2D eigenvalue weighted by Crippen LogP contribution is 2.23. The number of hydrogen-bond acceptors (Lipinski definition) is 2. The normalized spacial score (nSPS) is 12.0. The molecule has 0 bridgehead atoms. The minimum atomic E-state index is -0.586. The number of rotatable bonds is 2. The van der Waals surface area contributed by atoms with Gasteiger partial charge in [0.25, 0.3) is 0 Å². The molecule has 0 saturated heterocycles. The van der Waals surface area contributed by atoms with Crippen molar-refractivity contribution in [1.82, 2.24) is 9.55 Å². The summed E-state index contributed by atoms with van der Waals surface area (Å²) >= 11 is 5.68. The summed E-state index contributed by atoms with van der Waals surface area (Å²) in [5.74, 6) is 0.198. The maximum Gasteiger partial charge on any atom is 0.130 e. The lowest BCUT2D eigenvalue weighted by molar-refractivity contribution is 0.588. The molecule has 0 aliphatic carbocycles. The van der Waals surface area contributed by atoms with E-state index in [-0.39, 0.29) is 12.4 Å². The van der Waals surface area contributed by atoms with Crippen molar-refractivity contribution in [1.29, 1.82) is 0 Å². The van der Waals surface area contributed by atoms with Gasteiger partial charge in [0.05, 0.1) is 6.04 Å². The first-order valence-electron chi connectivity index (χ1n) is 4.77. The number of aromatic nitrogens is 2. The first-order chi connectivity index (χ1) is 7.59. The van der Waals surface area contributed by atoms with E-state index in [9.17, 15) is 4.39 Å². The summed E-state index contributed by atoms with van der Waals surface area (Å²) in [7, 11) is 1.82. The zero-order valence-electron chi connectivity index (χ0n) is 9.10. The molecule has 1 atom stereocenters. The van der Waals surface area contributed by atoms with E-state index in [2.05, 4.69) is 4.98 Å². The molecule has 1 unspecified atom stereocenters. The molecule has 0 saturated carbocycles. The lowest BCUT2D eigenvalue weighted by atomic mass is 10.1. The third-order valence-electron chi connectivity index (χ3n) is 2.43. The van der Waals surface area contributed by atoms with Gasteiger partial charge in [-0.3, -0.25) is 0 Å². The van der Waals surface area contributed by atoms with E-state index in [0.717, 1.165) is 0 Å². The molecule has 2 N–H and O–H groups in total. The Morgan fingerprint density at radius 3 is 2.71 bits per heavy atom.